The Kier molecular flexibility index (Phi) is 9.61. The van der Waals surface area contributed by atoms with E-state index in [9.17, 15) is 8.42 Å². The molecule has 0 aliphatic heterocycles. The summed E-state index contributed by atoms with van der Waals surface area (Å²) in [6.07, 6.45) is 7.31. The van der Waals surface area contributed by atoms with E-state index in [0.29, 0.717) is 18.6 Å². The van der Waals surface area contributed by atoms with E-state index in [1.807, 2.05) is 0 Å². The summed E-state index contributed by atoms with van der Waals surface area (Å²) in [5.41, 5.74) is 0.305. The zero-order chi connectivity index (χ0) is 17.9. The van der Waals surface area contributed by atoms with Crippen molar-refractivity contribution in [1.82, 2.24) is 10.6 Å². The highest BCUT2D eigenvalue weighted by molar-refractivity contribution is 7.90. The third-order valence-electron chi connectivity index (χ3n) is 4.49. The molecule has 0 aromatic rings. The summed E-state index contributed by atoms with van der Waals surface area (Å²) in [4.78, 5) is 4.23. The van der Waals surface area contributed by atoms with Gasteiger partial charge in [0.1, 0.15) is 9.84 Å². The summed E-state index contributed by atoms with van der Waals surface area (Å²) >= 11 is 0. The maximum Gasteiger partial charge on any atom is 0.191 e. The molecule has 142 valence electrons. The van der Waals surface area contributed by atoms with Crippen LogP contribution in [0.1, 0.15) is 32.1 Å². The highest BCUT2D eigenvalue weighted by atomic mass is 32.2. The lowest BCUT2D eigenvalue weighted by Crippen LogP contribution is -2.44. The van der Waals surface area contributed by atoms with Gasteiger partial charge in [-0.15, -0.1) is 0 Å². The molecule has 1 saturated carbocycles. The maximum absolute atomic E-state index is 11.0. The number of guanidine groups is 1. The number of aliphatic imine (C=N–C) groups is 1. The van der Waals surface area contributed by atoms with Crippen LogP contribution in [0.3, 0.4) is 0 Å². The first-order chi connectivity index (χ1) is 11.4. The van der Waals surface area contributed by atoms with Gasteiger partial charge in [-0.1, -0.05) is 12.8 Å². The zero-order valence-corrected chi connectivity index (χ0v) is 16.1. The minimum absolute atomic E-state index is 0.0575. The predicted molar refractivity (Wildman–Crippen MR) is 97.3 cm³/mol. The number of nitrogens with zero attached hydrogens (tertiary/aromatic N) is 1. The number of hydrogen-bond acceptors (Lipinski definition) is 5. The van der Waals surface area contributed by atoms with Crippen molar-refractivity contribution in [3.8, 4) is 0 Å². The number of rotatable bonds is 11. The first kappa shape index (κ1) is 21.2. The monoisotopic (exact) mass is 363 g/mol. The van der Waals surface area contributed by atoms with Crippen LogP contribution in [0.15, 0.2) is 4.99 Å². The first-order valence-corrected chi connectivity index (χ1v) is 10.7. The van der Waals surface area contributed by atoms with E-state index in [-0.39, 0.29) is 12.4 Å². The average molecular weight is 364 g/mol. The van der Waals surface area contributed by atoms with Crippen LogP contribution in [-0.2, 0) is 19.3 Å². The summed E-state index contributed by atoms with van der Waals surface area (Å²) < 4.78 is 32.6. The van der Waals surface area contributed by atoms with Gasteiger partial charge >= 0.3 is 0 Å². The zero-order valence-electron chi connectivity index (χ0n) is 15.3. The Balaban J connectivity index is 2.24. The molecule has 1 rings (SSSR count). The van der Waals surface area contributed by atoms with Gasteiger partial charge in [0.2, 0.25) is 0 Å². The van der Waals surface area contributed by atoms with Crippen molar-refractivity contribution in [1.29, 1.82) is 0 Å². The third-order valence-corrected chi connectivity index (χ3v) is 5.40. The van der Waals surface area contributed by atoms with Gasteiger partial charge in [0.05, 0.1) is 19.0 Å². The topological polar surface area (TPSA) is 89.0 Å². The summed E-state index contributed by atoms with van der Waals surface area (Å²) in [5.74, 6) is 0.813. The third kappa shape index (κ3) is 8.84. The van der Waals surface area contributed by atoms with Gasteiger partial charge in [0.25, 0.3) is 0 Å². The minimum Gasteiger partial charge on any atom is -0.385 e. The number of methoxy groups -OCH3 is 1. The van der Waals surface area contributed by atoms with Gasteiger partial charge in [0.15, 0.2) is 5.96 Å². The molecule has 1 aliphatic carbocycles. The van der Waals surface area contributed by atoms with Crippen LogP contribution in [0.5, 0.6) is 0 Å². The van der Waals surface area contributed by atoms with Gasteiger partial charge in [-0.05, 0) is 24.7 Å². The molecule has 0 saturated heterocycles. The van der Waals surface area contributed by atoms with E-state index < -0.39 is 9.84 Å². The Morgan fingerprint density at radius 1 is 1.17 bits per heavy atom. The number of sulfone groups is 1. The largest absolute Gasteiger partial charge is 0.385 e. The van der Waals surface area contributed by atoms with Gasteiger partial charge in [-0.3, -0.25) is 4.99 Å². The highest BCUT2D eigenvalue weighted by Crippen LogP contribution is 2.40. The van der Waals surface area contributed by atoms with Crippen LogP contribution in [0.25, 0.3) is 0 Å². The number of ether oxygens (including phenoxy) is 2. The Labute approximate surface area is 146 Å². The minimum atomic E-state index is -2.96. The van der Waals surface area contributed by atoms with Crippen molar-refractivity contribution in [2.75, 3.05) is 59.1 Å². The van der Waals surface area contributed by atoms with Crippen LogP contribution in [-0.4, -0.2) is 73.5 Å². The molecule has 0 amide bonds. The fourth-order valence-electron chi connectivity index (χ4n) is 3.00. The summed E-state index contributed by atoms with van der Waals surface area (Å²) in [6.45, 7) is 2.96. The summed E-state index contributed by atoms with van der Waals surface area (Å²) in [6, 6.07) is 0. The molecule has 2 N–H and O–H groups in total. The van der Waals surface area contributed by atoms with Crippen molar-refractivity contribution < 1.29 is 17.9 Å². The molecule has 24 heavy (non-hydrogen) atoms. The van der Waals surface area contributed by atoms with Crippen molar-refractivity contribution in [3.63, 3.8) is 0 Å². The number of hydrogen-bond donors (Lipinski definition) is 2. The second-order valence-corrected chi connectivity index (χ2v) is 8.80. The van der Waals surface area contributed by atoms with Crippen molar-refractivity contribution in [3.05, 3.63) is 0 Å². The van der Waals surface area contributed by atoms with E-state index in [1.165, 1.54) is 31.9 Å². The molecule has 8 heteroatoms. The molecule has 0 bridgehead atoms. The van der Waals surface area contributed by atoms with Crippen LogP contribution in [0, 0.1) is 5.41 Å². The van der Waals surface area contributed by atoms with Crippen molar-refractivity contribution in [2.24, 2.45) is 10.4 Å². The molecule has 0 aromatic heterocycles. The normalized spacial score (nSPS) is 17.9. The average Bonchev–Trinajstić information content (AvgIpc) is 3.00. The SMILES string of the molecule is CN=C(NCCOCCS(C)(=O)=O)NCC1(CCOC)CCCC1. The van der Waals surface area contributed by atoms with Crippen molar-refractivity contribution in [2.45, 2.75) is 32.1 Å². The summed E-state index contributed by atoms with van der Waals surface area (Å²) in [5, 5.41) is 6.61. The van der Waals surface area contributed by atoms with E-state index >= 15 is 0 Å². The second-order valence-electron chi connectivity index (χ2n) is 6.54. The smallest absolute Gasteiger partial charge is 0.191 e. The molecule has 0 atom stereocenters. The Morgan fingerprint density at radius 2 is 1.88 bits per heavy atom. The highest BCUT2D eigenvalue weighted by Gasteiger charge is 2.33. The molecular weight excluding hydrogens is 330 g/mol. The van der Waals surface area contributed by atoms with Gasteiger partial charge in [-0.2, -0.15) is 0 Å². The van der Waals surface area contributed by atoms with Gasteiger partial charge < -0.3 is 20.1 Å². The molecule has 0 unspecified atom stereocenters. The van der Waals surface area contributed by atoms with E-state index in [4.69, 9.17) is 9.47 Å². The Morgan fingerprint density at radius 3 is 2.46 bits per heavy atom. The van der Waals surface area contributed by atoms with E-state index in [2.05, 4.69) is 15.6 Å². The molecule has 1 fully saturated rings. The first-order valence-electron chi connectivity index (χ1n) is 8.60. The molecule has 0 radical (unpaired) electrons. The van der Waals surface area contributed by atoms with Crippen LogP contribution in [0.4, 0.5) is 0 Å². The molecule has 0 heterocycles. The quantitative estimate of drug-likeness (QED) is 0.321. The molecule has 7 nitrogen and oxygen atoms in total. The lowest BCUT2D eigenvalue weighted by molar-refractivity contribution is 0.138. The van der Waals surface area contributed by atoms with E-state index in [1.54, 1.807) is 14.2 Å². The lowest BCUT2D eigenvalue weighted by atomic mass is 9.83. The van der Waals surface area contributed by atoms with Crippen LogP contribution in [0.2, 0.25) is 0 Å². The van der Waals surface area contributed by atoms with Gasteiger partial charge in [0, 0.05) is 40.1 Å². The molecule has 1 aliphatic rings. The second kappa shape index (κ2) is 10.9. The standard InChI is InChI=1S/C16H33N3O4S/c1-17-15(18-9-11-23-12-13-24(3,20)21)19-14-16(8-10-22-2)6-4-5-7-16/h4-14H2,1-3H3,(H2,17,18,19). The predicted octanol–water partition coefficient (Wildman–Crippen LogP) is 0.810. The van der Waals surface area contributed by atoms with Gasteiger partial charge in [-0.25, -0.2) is 8.42 Å². The Hall–Kier alpha value is -0.860. The molecule has 0 aromatic carbocycles. The fraction of sp³-hybridized carbons (Fsp3) is 0.938. The van der Waals surface area contributed by atoms with Crippen LogP contribution >= 0.6 is 0 Å². The number of nitrogens with one attached hydrogen (secondary N) is 2. The van der Waals surface area contributed by atoms with Crippen LogP contribution < -0.4 is 10.6 Å². The summed E-state index contributed by atoms with van der Waals surface area (Å²) in [7, 11) is 0.540. The maximum atomic E-state index is 11.0. The lowest BCUT2D eigenvalue weighted by Gasteiger charge is -2.29. The molecular formula is C16H33N3O4S. The van der Waals surface area contributed by atoms with E-state index in [0.717, 1.165) is 25.5 Å². The van der Waals surface area contributed by atoms with Crippen molar-refractivity contribution >= 4 is 15.8 Å². The fourth-order valence-corrected chi connectivity index (χ4v) is 3.43. The Bertz CT molecular complexity index is 474. The molecule has 0 spiro atoms.